The molecule has 0 radical (unpaired) electrons. The second kappa shape index (κ2) is 6.85. The molecule has 0 aliphatic heterocycles. The second-order valence-electron chi connectivity index (χ2n) is 4.74. The zero-order chi connectivity index (χ0) is 14.4. The van der Waals surface area contributed by atoms with E-state index in [2.05, 4.69) is 11.9 Å². The zero-order valence-electron chi connectivity index (χ0n) is 11.9. The summed E-state index contributed by atoms with van der Waals surface area (Å²) in [6.07, 6.45) is 3.67. The summed E-state index contributed by atoms with van der Waals surface area (Å²) in [6.45, 7) is 4.55. The minimum Gasteiger partial charge on any atom is -0.462 e. The number of carbonyl (C=O) groups excluding carboxylic acids is 1. The summed E-state index contributed by atoms with van der Waals surface area (Å²) in [6, 6.07) is 11.3. The molecule has 0 saturated heterocycles. The lowest BCUT2D eigenvalue weighted by Gasteiger charge is -2.07. The van der Waals surface area contributed by atoms with Gasteiger partial charge in [0.15, 0.2) is 0 Å². The van der Waals surface area contributed by atoms with Crippen molar-refractivity contribution in [3.63, 3.8) is 0 Å². The Labute approximate surface area is 119 Å². The Balaban J connectivity index is 2.20. The van der Waals surface area contributed by atoms with E-state index in [1.807, 2.05) is 37.3 Å². The number of hydrogen-bond acceptors (Lipinski definition) is 3. The van der Waals surface area contributed by atoms with E-state index in [0.29, 0.717) is 12.2 Å². The fraction of sp³-hybridized carbons (Fsp3) is 0.294. The highest BCUT2D eigenvalue weighted by atomic mass is 16.5. The zero-order valence-corrected chi connectivity index (χ0v) is 11.9. The summed E-state index contributed by atoms with van der Waals surface area (Å²) >= 11 is 0. The van der Waals surface area contributed by atoms with Gasteiger partial charge in [0.2, 0.25) is 0 Å². The predicted molar refractivity (Wildman–Crippen MR) is 79.6 cm³/mol. The number of unbranched alkanes of at least 4 members (excludes halogenated alkanes) is 1. The molecule has 0 amide bonds. The average molecular weight is 269 g/mol. The third kappa shape index (κ3) is 3.44. The molecule has 0 atom stereocenters. The molecule has 0 fully saturated rings. The van der Waals surface area contributed by atoms with Gasteiger partial charge in [0.1, 0.15) is 0 Å². The summed E-state index contributed by atoms with van der Waals surface area (Å²) in [5, 5.41) is 0. The van der Waals surface area contributed by atoms with Crippen LogP contribution in [0.5, 0.6) is 0 Å². The maximum atomic E-state index is 11.9. The van der Waals surface area contributed by atoms with Crippen LogP contribution in [0.1, 0.15) is 35.7 Å². The number of carbonyl (C=O) groups is 1. The van der Waals surface area contributed by atoms with Gasteiger partial charge in [-0.3, -0.25) is 4.98 Å². The quantitative estimate of drug-likeness (QED) is 0.608. The van der Waals surface area contributed by atoms with Crippen molar-refractivity contribution in [3.05, 3.63) is 53.7 Å². The Morgan fingerprint density at radius 3 is 2.85 bits per heavy atom. The molecular weight excluding hydrogens is 250 g/mol. The minimum absolute atomic E-state index is 0.270. The number of benzene rings is 1. The van der Waals surface area contributed by atoms with Gasteiger partial charge in [-0.05, 0) is 37.1 Å². The Hall–Kier alpha value is -2.16. The van der Waals surface area contributed by atoms with Gasteiger partial charge >= 0.3 is 5.97 Å². The van der Waals surface area contributed by atoms with Gasteiger partial charge < -0.3 is 4.74 Å². The molecule has 1 aromatic carbocycles. The van der Waals surface area contributed by atoms with Crippen LogP contribution in [0.25, 0.3) is 11.3 Å². The molecule has 1 heterocycles. The first kappa shape index (κ1) is 14.3. The number of esters is 1. The van der Waals surface area contributed by atoms with Crippen LogP contribution in [0.4, 0.5) is 0 Å². The maximum absolute atomic E-state index is 11.9. The van der Waals surface area contributed by atoms with E-state index in [4.69, 9.17) is 4.74 Å². The number of aromatic nitrogens is 1. The van der Waals surface area contributed by atoms with E-state index in [1.165, 1.54) is 0 Å². The van der Waals surface area contributed by atoms with Crippen molar-refractivity contribution in [3.8, 4) is 11.3 Å². The summed E-state index contributed by atoms with van der Waals surface area (Å²) < 4.78 is 5.23. The lowest BCUT2D eigenvalue weighted by atomic mass is 10.0. The number of nitrogens with zero attached hydrogens (tertiary/aromatic N) is 1. The number of rotatable bonds is 5. The molecule has 0 bridgehead atoms. The van der Waals surface area contributed by atoms with E-state index in [-0.39, 0.29) is 5.97 Å². The molecule has 0 N–H and O–H groups in total. The van der Waals surface area contributed by atoms with Crippen LogP contribution < -0.4 is 0 Å². The monoisotopic (exact) mass is 269 g/mol. The Morgan fingerprint density at radius 2 is 2.10 bits per heavy atom. The van der Waals surface area contributed by atoms with Crippen molar-refractivity contribution in [2.75, 3.05) is 6.61 Å². The maximum Gasteiger partial charge on any atom is 0.338 e. The van der Waals surface area contributed by atoms with Gasteiger partial charge in [-0.25, -0.2) is 4.79 Å². The molecule has 0 aliphatic carbocycles. The number of pyridine rings is 1. The minimum atomic E-state index is -0.270. The summed E-state index contributed by atoms with van der Waals surface area (Å²) in [5.41, 5.74) is 3.50. The third-order valence-corrected chi connectivity index (χ3v) is 3.11. The fourth-order valence-corrected chi connectivity index (χ4v) is 1.97. The van der Waals surface area contributed by atoms with E-state index in [1.54, 1.807) is 12.3 Å². The van der Waals surface area contributed by atoms with Crippen molar-refractivity contribution in [1.82, 2.24) is 4.98 Å². The molecule has 2 rings (SSSR count). The molecular formula is C17H19NO2. The lowest BCUT2D eigenvalue weighted by molar-refractivity contribution is 0.0500. The molecule has 1 aromatic heterocycles. The normalized spacial score (nSPS) is 10.3. The molecule has 20 heavy (non-hydrogen) atoms. The summed E-state index contributed by atoms with van der Waals surface area (Å²) in [5.74, 6) is -0.270. The summed E-state index contributed by atoms with van der Waals surface area (Å²) in [4.78, 5) is 16.3. The van der Waals surface area contributed by atoms with Crippen molar-refractivity contribution in [1.29, 1.82) is 0 Å². The van der Waals surface area contributed by atoms with E-state index in [9.17, 15) is 4.79 Å². The largest absolute Gasteiger partial charge is 0.462 e. The molecule has 0 aliphatic rings. The van der Waals surface area contributed by atoms with Gasteiger partial charge in [0, 0.05) is 11.8 Å². The summed E-state index contributed by atoms with van der Waals surface area (Å²) in [7, 11) is 0. The van der Waals surface area contributed by atoms with Crippen LogP contribution in [-0.4, -0.2) is 17.6 Å². The van der Waals surface area contributed by atoms with Crippen LogP contribution in [0.15, 0.2) is 42.6 Å². The fourth-order valence-electron chi connectivity index (χ4n) is 1.97. The van der Waals surface area contributed by atoms with Gasteiger partial charge in [-0.1, -0.05) is 31.5 Å². The van der Waals surface area contributed by atoms with Gasteiger partial charge in [0.05, 0.1) is 17.9 Å². The van der Waals surface area contributed by atoms with Crippen molar-refractivity contribution < 1.29 is 9.53 Å². The van der Waals surface area contributed by atoms with Gasteiger partial charge in [-0.15, -0.1) is 0 Å². The first-order valence-electron chi connectivity index (χ1n) is 6.91. The number of hydrogen-bond donors (Lipinski definition) is 0. The van der Waals surface area contributed by atoms with E-state index in [0.717, 1.165) is 29.7 Å². The molecule has 2 aromatic rings. The highest BCUT2D eigenvalue weighted by molar-refractivity contribution is 5.91. The predicted octanol–water partition coefficient (Wildman–Crippen LogP) is 4.01. The smallest absolute Gasteiger partial charge is 0.338 e. The first-order valence-corrected chi connectivity index (χ1v) is 6.91. The topological polar surface area (TPSA) is 39.2 Å². The van der Waals surface area contributed by atoms with Crippen LogP contribution in [0.2, 0.25) is 0 Å². The highest BCUT2D eigenvalue weighted by Gasteiger charge is 2.09. The third-order valence-electron chi connectivity index (χ3n) is 3.11. The van der Waals surface area contributed by atoms with Gasteiger partial charge in [0.25, 0.3) is 0 Å². The second-order valence-corrected chi connectivity index (χ2v) is 4.74. The van der Waals surface area contributed by atoms with Crippen LogP contribution in [-0.2, 0) is 4.74 Å². The number of ether oxygens (including phenoxy) is 1. The van der Waals surface area contributed by atoms with Crippen LogP contribution >= 0.6 is 0 Å². The number of aryl methyl sites for hydroxylation is 1. The molecule has 0 saturated carbocycles. The standard InChI is InChI=1S/C17H19NO2/c1-3-4-11-20-17(19)15-9-5-8-14(12-15)16-13(2)7-6-10-18-16/h5-10,12H,3-4,11H2,1-2H3. The molecule has 0 unspecified atom stereocenters. The molecule has 0 spiro atoms. The van der Waals surface area contributed by atoms with E-state index < -0.39 is 0 Å². The van der Waals surface area contributed by atoms with Gasteiger partial charge in [-0.2, -0.15) is 0 Å². The molecule has 3 heteroatoms. The highest BCUT2D eigenvalue weighted by Crippen LogP contribution is 2.21. The lowest BCUT2D eigenvalue weighted by Crippen LogP contribution is -2.06. The average Bonchev–Trinajstić information content (AvgIpc) is 2.48. The SMILES string of the molecule is CCCCOC(=O)c1cccc(-c2ncccc2C)c1. The Morgan fingerprint density at radius 1 is 1.25 bits per heavy atom. The molecule has 104 valence electrons. The first-order chi connectivity index (χ1) is 9.72. The Bertz CT molecular complexity index is 593. The van der Waals surface area contributed by atoms with Crippen molar-refractivity contribution in [2.45, 2.75) is 26.7 Å². The van der Waals surface area contributed by atoms with E-state index >= 15 is 0 Å². The van der Waals surface area contributed by atoms with Crippen molar-refractivity contribution in [2.24, 2.45) is 0 Å². The molecule has 3 nitrogen and oxygen atoms in total. The van der Waals surface area contributed by atoms with Crippen LogP contribution in [0.3, 0.4) is 0 Å². The van der Waals surface area contributed by atoms with Crippen molar-refractivity contribution >= 4 is 5.97 Å². The Kier molecular flexibility index (Phi) is 4.88. The van der Waals surface area contributed by atoms with Crippen LogP contribution in [0, 0.1) is 6.92 Å².